The molecule has 2 amide bonds. The third-order valence-electron chi connectivity index (χ3n) is 2.99. The number of hydrogen-bond acceptors (Lipinski definition) is 4. The monoisotopic (exact) mass is 272 g/mol. The van der Waals surface area contributed by atoms with Crippen molar-refractivity contribution < 1.29 is 9.59 Å². The van der Waals surface area contributed by atoms with E-state index in [2.05, 4.69) is 15.6 Å². The molecule has 20 heavy (non-hydrogen) atoms. The summed E-state index contributed by atoms with van der Waals surface area (Å²) >= 11 is 0. The lowest BCUT2D eigenvalue weighted by atomic mass is 10.1. The highest BCUT2D eigenvalue weighted by Crippen LogP contribution is 2.20. The van der Waals surface area contributed by atoms with Gasteiger partial charge in [0.25, 0.3) is 5.91 Å². The molecule has 0 radical (unpaired) electrons. The van der Waals surface area contributed by atoms with Crippen molar-refractivity contribution in [3.8, 4) is 0 Å². The van der Waals surface area contributed by atoms with Gasteiger partial charge >= 0.3 is 0 Å². The van der Waals surface area contributed by atoms with E-state index in [-0.39, 0.29) is 5.91 Å². The summed E-state index contributed by atoms with van der Waals surface area (Å²) in [6, 6.07) is 8.23. The number of hydrogen-bond donors (Lipinski definition) is 3. The summed E-state index contributed by atoms with van der Waals surface area (Å²) in [5, 5.41) is 6.20. The zero-order valence-electron chi connectivity index (χ0n) is 11.3. The largest absolute Gasteiger partial charge is 0.373 e. The second kappa shape index (κ2) is 5.56. The molecule has 1 aromatic carbocycles. The van der Waals surface area contributed by atoms with Gasteiger partial charge in [0.2, 0.25) is 5.91 Å². The number of carbonyl (C=O) groups is 2. The predicted octanol–water partition coefficient (Wildman–Crippen LogP) is 0.880. The molecule has 0 saturated carbocycles. The second-order valence-corrected chi connectivity index (χ2v) is 4.42. The van der Waals surface area contributed by atoms with Gasteiger partial charge in [0.15, 0.2) is 0 Å². The Bertz CT molecular complexity index is 669. The summed E-state index contributed by atoms with van der Waals surface area (Å²) in [6.07, 6.45) is 0. The standard InChI is InChI=1S/C14H16N4O2/c1-8(13(15)19)17-14(20)10-7-12(16-2)18-11-6-4-3-5-9(10)11/h3-8H,1-2H3,(H2,15,19)(H,16,18)(H,17,20). The number of aromatic nitrogens is 1. The van der Waals surface area contributed by atoms with Crippen LogP contribution in [0.25, 0.3) is 10.9 Å². The number of benzene rings is 1. The van der Waals surface area contributed by atoms with Gasteiger partial charge in [-0.15, -0.1) is 0 Å². The molecule has 1 unspecified atom stereocenters. The van der Waals surface area contributed by atoms with Crippen LogP contribution in [-0.2, 0) is 4.79 Å². The van der Waals surface area contributed by atoms with E-state index in [1.54, 1.807) is 20.0 Å². The summed E-state index contributed by atoms with van der Waals surface area (Å²) in [5.41, 5.74) is 6.31. The highest BCUT2D eigenvalue weighted by molar-refractivity contribution is 6.08. The second-order valence-electron chi connectivity index (χ2n) is 4.42. The third-order valence-corrected chi connectivity index (χ3v) is 2.99. The van der Waals surface area contributed by atoms with E-state index in [0.717, 1.165) is 5.39 Å². The summed E-state index contributed by atoms with van der Waals surface area (Å²) < 4.78 is 0. The fourth-order valence-electron chi connectivity index (χ4n) is 1.84. The van der Waals surface area contributed by atoms with Crippen molar-refractivity contribution in [2.24, 2.45) is 5.73 Å². The molecule has 104 valence electrons. The number of nitrogens with one attached hydrogen (secondary N) is 2. The van der Waals surface area contributed by atoms with E-state index >= 15 is 0 Å². The van der Waals surface area contributed by atoms with Crippen molar-refractivity contribution in [3.05, 3.63) is 35.9 Å². The number of fused-ring (bicyclic) bond motifs is 1. The van der Waals surface area contributed by atoms with E-state index in [0.29, 0.717) is 16.9 Å². The lowest BCUT2D eigenvalue weighted by Crippen LogP contribution is -2.42. The van der Waals surface area contributed by atoms with Gasteiger partial charge in [-0.05, 0) is 19.1 Å². The average Bonchev–Trinajstić information content (AvgIpc) is 2.45. The van der Waals surface area contributed by atoms with Gasteiger partial charge in [0, 0.05) is 12.4 Å². The first kappa shape index (κ1) is 13.8. The SMILES string of the molecule is CNc1cc(C(=O)NC(C)C(N)=O)c2ccccc2n1. The first-order valence-corrected chi connectivity index (χ1v) is 6.20. The quantitative estimate of drug-likeness (QED) is 0.769. The molecule has 0 aliphatic rings. The number of carbonyl (C=O) groups excluding carboxylic acids is 2. The lowest BCUT2D eigenvalue weighted by Gasteiger charge is -2.12. The van der Waals surface area contributed by atoms with Gasteiger partial charge in [-0.3, -0.25) is 9.59 Å². The number of rotatable bonds is 4. The molecule has 0 fully saturated rings. The molecule has 1 aromatic heterocycles. The molecule has 2 aromatic rings. The Kier molecular flexibility index (Phi) is 3.84. The molecule has 2 rings (SSSR count). The molecule has 6 heteroatoms. The van der Waals surface area contributed by atoms with Crippen molar-refractivity contribution in [3.63, 3.8) is 0 Å². The van der Waals surface area contributed by atoms with E-state index in [9.17, 15) is 9.59 Å². The van der Waals surface area contributed by atoms with Crippen molar-refractivity contribution in [1.29, 1.82) is 0 Å². The maximum absolute atomic E-state index is 12.3. The fraction of sp³-hybridized carbons (Fsp3) is 0.214. The van der Waals surface area contributed by atoms with Crippen molar-refractivity contribution in [2.45, 2.75) is 13.0 Å². The molecule has 0 aliphatic carbocycles. The lowest BCUT2D eigenvalue weighted by molar-refractivity contribution is -0.119. The van der Waals surface area contributed by atoms with E-state index in [1.165, 1.54) is 0 Å². The van der Waals surface area contributed by atoms with Crippen LogP contribution in [0.4, 0.5) is 5.82 Å². The van der Waals surface area contributed by atoms with Gasteiger partial charge in [0.1, 0.15) is 11.9 Å². The number of para-hydroxylation sites is 1. The third kappa shape index (κ3) is 2.69. The van der Waals surface area contributed by atoms with Crippen LogP contribution >= 0.6 is 0 Å². The molecular weight excluding hydrogens is 256 g/mol. The minimum absolute atomic E-state index is 0.355. The van der Waals surface area contributed by atoms with Crippen LogP contribution in [0.15, 0.2) is 30.3 Å². The van der Waals surface area contributed by atoms with Crippen LogP contribution in [0.2, 0.25) is 0 Å². The molecule has 0 bridgehead atoms. The van der Waals surface area contributed by atoms with Gasteiger partial charge in [-0.25, -0.2) is 4.98 Å². The molecule has 4 N–H and O–H groups in total. The smallest absolute Gasteiger partial charge is 0.252 e. The van der Waals surface area contributed by atoms with Crippen LogP contribution in [0, 0.1) is 0 Å². The molecule has 0 spiro atoms. The summed E-state index contributed by atoms with van der Waals surface area (Å²) in [5.74, 6) is -0.350. The number of nitrogens with two attached hydrogens (primary N) is 1. The van der Waals surface area contributed by atoms with Crippen LogP contribution in [0.3, 0.4) is 0 Å². The molecule has 0 saturated heterocycles. The normalized spacial score (nSPS) is 11.9. The summed E-state index contributed by atoms with van der Waals surface area (Å²) in [4.78, 5) is 27.7. The maximum Gasteiger partial charge on any atom is 0.252 e. The first-order chi connectivity index (χ1) is 9.52. The summed E-state index contributed by atoms with van der Waals surface area (Å²) in [7, 11) is 1.73. The van der Waals surface area contributed by atoms with E-state index in [4.69, 9.17) is 5.73 Å². The number of anilines is 1. The number of nitrogens with zero attached hydrogens (tertiary/aromatic N) is 1. The zero-order chi connectivity index (χ0) is 14.7. The van der Waals surface area contributed by atoms with Crippen molar-refractivity contribution >= 4 is 28.5 Å². The van der Waals surface area contributed by atoms with E-state index in [1.807, 2.05) is 24.3 Å². The van der Waals surface area contributed by atoms with Gasteiger partial charge < -0.3 is 16.4 Å². The molecule has 0 aliphatic heterocycles. The first-order valence-electron chi connectivity index (χ1n) is 6.20. The molecule has 1 heterocycles. The van der Waals surface area contributed by atoms with E-state index < -0.39 is 11.9 Å². The number of amides is 2. The molecule has 6 nitrogen and oxygen atoms in total. The van der Waals surface area contributed by atoms with Crippen LogP contribution in [0.5, 0.6) is 0 Å². The average molecular weight is 272 g/mol. The molecular formula is C14H16N4O2. The Morgan fingerprint density at radius 3 is 2.65 bits per heavy atom. The molecule has 1 atom stereocenters. The van der Waals surface area contributed by atoms with Gasteiger partial charge in [0.05, 0.1) is 11.1 Å². The number of primary amides is 1. The summed E-state index contributed by atoms with van der Waals surface area (Å²) in [6.45, 7) is 1.54. The maximum atomic E-state index is 12.3. The Balaban J connectivity index is 2.46. The zero-order valence-corrected chi connectivity index (χ0v) is 11.3. The number of pyridine rings is 1. The van der Waals surface area contributed by atoms with Crippen molar-refractivity contribution in [2.75, 3.05) is 12.4 Å². The Morgan fingerprint density at radius 2 is 2.00 bits per heavy atom. The fourth-order valence-corrected chi connectivity index (χ4v) is 1.84. The van der Waals surface area contributed by atoms with Crippen LogP contribution in [0.1, 0.15) is 17.3 Å². The van der Waals surface area contributed by atoms with Crippen LogP contribution in [-0.4, -0.2) is 29.9 Å². The van der Waals surface area contributed by atoms with Crippen LogP contribution < -0.4 is 16.4 Å². The van der Waals surface area contributed by atoms with Gasteiger partial charge in [-0.1, -0.05) is 18.2 Å². The Labute approximate surface area is 116 Å². The highest BCUT2D eigenvalue weighted by Gasteiger charge is 2.17. The topological polar surface area (TPSA) is 97.1 Å². The minimum Gasteiger partial charge on any atom is -0.373 e. The van der Waals surface area contributed by atoms with Crippen molar-refractivity contribution in [1.82, 2.24) is 10.3 Å². The van der Waals surface area contributed by atoms with Gasteiger partial charge in [-0.2, -0.15) is 0 Å². The Morgan fingerprint density at radius 1 is 1.30 bits per heavy atom. The Hall–Kier alpha value is -2.63. The predicted molar refractivity (Wildman–Crippen MR) is 77.4 cm³/mol. The highest BCUT2D eigenvalue weighted by atomic mass is 16.2. The minimum atomic E-state index is -0.729.